The zero-order chi connectivity index (χ0) is 9.64. The lowest BCUT2D eigenvalue weighted by Gasteiger charge is -2.23. The fourth-order valence-corrected chi connectivity index (χ4v) is 2.19. The van der Waals surface area contributed by atoms with Gasteiger partial charge in [0.2, 0.25) is 0 Å². The highest BCUT2D eigenvalue weighted by Gasteiger charge is 2.11. The van der Waals surface area contributed by atoms with Crippen LogP contribution in [-0.4, -0.2) is 32.3 Å². The second-order valence-corrected chi connectivity index (χ2v) is 4.24. The molecule has 1 fully saturated rings. The molecule has 14 heavy (non-hydrogen) atoms. The monoisotopic (exact) mass is 212 g/mol. The van der Waals surface area contributed by atoms with E-state index in [4.69, 9.17) is 4.74 Å². The first kappa shape index (κ1) is 10.1. The number of thiophene rings is 1. The van der Waals surface area contributed by atoms with Gasteiger partial charge in [0.25, 0.3) is 0 Å². The van der Waals surface area contributed by atoms with Gasteiger partial charge in [-0.15, -0.1) is 0 Å². The molecule has 0 spiro atoms. The lowest BCUT2D eigenvalue weighted by Crippen LogP contribution is -2.43. The third kappa shape index (κ3) is 3.06. The minimum absolute atomic E-state index is 0.336. The minimum atomic E-state index is 0.336. The summed E-state index contributed by atoms with van der Waals surface area (Å²) in [6.45, 7) is 4.68. The van der Waals surface area contributed by atoms with Gasteiger partial charge in [-0.25, -0.2) is 0 Å². The molecule has 0 aromatic carbocycles. The van der Waals surface area contributed by atoms with Gasteiger partial charge in [0, 0.05) is 26.2 Å². The van der Waals surface area contributed by atoms with Crippen LogP contribution in [0.25, 0.3) is 0 Å². The Hall–Kier alpha value is -0.420. The summed E-state index contributed by atoms with van der Waals surface area (Å²) >= 11 is 1.74. The smallest absolute Gasteiger partial charge is 0.0824 e. The number of hydrogen-bond donors (Lipinski definition) is 2. The molecule has 2 rings (SSSR count). The van der Waals surface area contributed by atoms with Crippen molar-refractivity contribution in [3.8, 4) is 0 Å². The predicted molar refractivity (Wildman–Crippen MR) is 58.6 cm³/mol. The van der Waals surface area contributed by atoms with E-state index in [9.17, 15) is 0 Å². The lowest BCUT2D eigenvalue weighted by atomic mass is 10.3. The van der Waals surface area contributed by atoms with Crippen LogP contribution in [0.5, 0.6) is 0 Å². The van der Waals surface area contributed by atoms with E-state index in [0.29, 0.717) is 6.10 Å². The van der Waals surface area contributed by atoms with Gasteiger partial charge in [-0.3, -0.25) is 0 Å². The molecular weight excluding hydrogens is 196 g/mol. The summed E-state index contributed by atoms with van der Waals surface area (Å²) in [7, 11) is 0. The van der Waals surface area contributed by atoms with Crippen LogP contribution in [0.2, 0.25) is 0 Å². The zero-order valence-corrected chi connectivity index (χ0v) is 8.98. The highest BCUT2D eigenvalue weighted by Crippen LogP contribution is 2.05. The van der Waals surface area contributed by atoms with E-state index in [1.54, 1.807) is 11.3 Å². The van der Waals surface area contributed by atoms with Crippen molar-refractivity contribution in [1.82, 2.24) is 10.6 Å². The van der Waals surface area contributed by atoms with Crippen LogP contribution in [0.3, 0.4) is 0 Å². The Morgan fingerprint density at radius 1 is 1.64 bits per heavy atom. The second-order valence-electron chi connectivity index (χ2n) is 3.46. The standard InChI is InChI=1S/C10H16N2OS/c1-4-14-8-9(1)5-12-7-10-6-11-2-3-13-10/h1,4,8,10-12H,2-3,5-7H2. The maximum Gasteiger partial charge on any atom is 0.0824 e. The average Bonchev–Trinajstić information content (AvgIpc) is 2.72. The summed E-state index contributed by atoms with van der Waals surface area (Å²) in [6, 6.07) is 2.15. The van der Waals surface area contributed by atoms with Gasteiger partial charge in [-0.1, -0.05) is 0 Å². The maximum absolute atomic E-state index is 5.57. The van der Waals surface area contributed by atoms with Gasteiger partial charge in [-0.2, -0.15) is 11.3 Å². The van der Waals surface area contributed by atoms with E-state index >= 15 is 0 Å². The van der Waals surface area contributed by atoms with Crippen molar-refractivity contribution >= 4 is 11.3 Å². The number of nitrogens with one attached hydrogen (secondary N) is 2. The molecule has 0 saturated carbocycles. The maximum atomic E-state index is 5.57. The van der Waals surface area contributed by atoms with E-state index in [0.717, 1.165) is 32.8 Å². The van der Waals surface area contributed by atoms with Crippen molar-refractivity contribution < 1.29 is 4.74 Å². The molecule has 0 amide bonds. The van der Waals surface area contributed by atoms with E-state index < -0.39 is 0 Å². The van der Waals surface area contributed by atoms with Gasteiger partial charge < -0.3 is 15.4 Å². The van der Waals surface area contributed by atoms with Crippen LogP contribution >= 0.6 is 11.3 Å². The fraction of sp³-hybridized carbons (Fsp3) is 0.600. The molecule has 1 unspecified atom stereocenters. The van der Waals surface area contributed by atoms with Crippen molar-refractivity contribution in [2.45, 2.75) is 12.6 Å². The summed E-state index contributed by atoms with van der Waals surface area (Å²) in [5.41, 5.74) is 1.36. The van der Waals surface area contributed by atoms with Gasteiger partial charge in [-0.05, 0) is 22.4 Å². The molecule has 1 aromatic heterocycles. The van der Waals surface area contributed by atoms with Gasteiger partial charge in [0.1, 0.15) is 0 Å². The molecule has 1 atom stereocenters. The van der Waals surface area contributed by atoms with E-state index in [-0.39, 0.29) is 0 Å². The molecule has 0 aliphatic carbocycles. The fourth-order valence-electron chi connectivity index (χ4n) is 1.52. The molecule has 2 N–H and O–H groups in total. The Balaban J connectivity index is 1.62. The Kier molecular flexibility index (Phi) is 3.94. The SMILES string of the molecule is c1cc(CNCC2CNCCO2)cs1. The molecule has 3 nitrogen and oxygen atoms in total. The van der Waals surface area contributed by atoms with Crippen LogP contribution in [0.4, 0.5) is 0 Å². The van der Waals surface area contributed by atoms with Crippen molar-refractivity contribution in [2.24, 2.45) is 0 Å². The Morgan fingerprint density at radius 3 is 3.36 bits per heavy atom. The van der Waals surface area contributed by atoms with Crippen molar-refractivity contribution in [1.29, 1.82) is 0 Å². The third-order valence-electron chi connectivity index (χ3n) is 2.29. The first-order valence-corrected chi connectivity index (χ1v) is 5.93. The Morgan fingerprint density at radius 2 is 2.64 bits per heavy atom. The number of ether oxygens (including phenoxy) is 1. The van der Waals surface area contributed by atoms with Crippen molar-refractivity contribution in [3.05, 3.63) is 22.4 Å². The van der Waals surface area contributed by atoms with Crippen LogP contribution in [0.1, 0.15) is 5.56 Å². The minimum Gasteiger partial charge on any atom is -0.374 e. The molecule has 78 valence electrons. The normalized spacial score (nSPS) is 22.4. The summed E-state index contributed by atoms with van der Waals surface area (Å²) in [6.07, 6.45) is 0.336. The largest absolute Gasteiger partial charge is 0.374 e. The Labute approximate surface area is 88.5 Å². The first-order valence-electron chi connectivity index (χ1n) is 4.99. The quantitative estimate of drug-likeness (QED) is 0.775. The Bertz CT molecular complexity index is 245. The number of hydrogen-bond acceptors (Lipinski definition) is 4. The molecule has 0 bridgehead atoms. The summed E-state index contributed by atoms with van der Waals surface area (Å²) < 4.78 is 5.57. The predicted octanol–water partition coefficient (Wildman–Crippen LogP) is 0.826. The van der Waals surface area contributed by atoms with Crippen LogP contribution in [-0.2, 0) is 11.3 Å². The summed E-state index contributed by atoms with van der Waals surface area (Å²) in [4.78, 5) is 0. The molecule has 4 heteroatoms. The van der Waals surface area contributed by atoms with Gasteiger partial charge >= 0.3 is 0 Å². The lowest BCUT2D eigenvalue weighted by molar-refractivity contribution is 0.0291. The molecule has 1 saturated heterocycles. The van der Waals surface area contributed by atoms with Crippen molar-refractivity contribution in [2.75, 3.05) is 26.2 Å². The molecule has 1 aliphatic rings. The highest BCUT2D eigenvalue weighted by molar-refractivity contribution is 7.07. The van der Waals surface area contributed by atoms with Gasteiger partial charge in [0.15, 0.2) is 0 Å². The highest BCUT2D eigenvalue weighted by atomic mass is 32.1. The van der Waals surface area contributed by atoms with Crippen LogP contribution < -0.4 is 10.6 Å². The van der Waals surface area contributed by atoms with E-state index in [1.807, 2.05) is 0 Å². The molecule has 1 aromatic rings. The zero-order valence-electron chi connectivity index (χ0n) is 8.16. The molecule has 2 heterocycles. The number of rotatable bonds is 4. The van der Waals surface area contributed by atoms with Crippen LogP contribution in [0.15, 0.2) is 16.8 Å². The van der Waals surface area contributed by atoms with Gasteiger partial charge in [0.05, 0.1) is 12.7 Å². The van der Waals surface area contributed by atoms with E-state index in [1.165, 1.54) is 5.56 Å². The van der Waals surface area contributed by atoms with E-state index in [2.05, 4.69) is 27.5 Å². The second kappa shape index (κ2) is 5.46. The average molecular weight is 212 g/mol. The topological polar surface area (TPSA) is 33.3 Å². The summed E-state index contributed by atoms with van der Waals surface area (Å²) in [5, 5.41) is 11.0. The third-order valence-corrected chi connectivity index (χ3v) is 3.02. The van der Waals surface area contributed by atoms with Crippen molar-refractivity contribution in [3.63, 3.8) is 0 Å². The first-order chi connectivity index (χ1) is 6.95. The van der Waals surface area contributed by atoms with Crippen LogP contribution in [0, 0.1) is 0 Å². The molecule has 0 radical (unpaired) electrons. The molecular formula is C10H16N2OS. The number of morpholine rings is 1. The summed E-state index contributed by atoms with van der Waals surface area (Å²) in [5.74, 6) is 0. The molecule has 1 aliphatic heterocycles.